The summed E-state index contributed by atoms with van der Waals surface area (Å²) in [6.07, 6.45) is 0.591. The average molecular weight is 345 g/mol. The van der Waals surface area contributed by atoms with Crippen LogP contribution in [0.25, 0.3) is 0 Å². The van der Waals surface area contributed by atoms with Crippen molar-refractivity contribution in [2.24, 2.45) is 0 Å². The first-order chi connectivity index (χ1) is 10.1. The number of hydrogen-bond acceptors (Lipinski definition) is 4. The number of thioether (sulfide) groups is 1. The quantitative estimate of drug-likeness (QED) is 0.834. The van der Waals surface area contributed by atoms with Crippen molar-refractivity contribution >= 4 is 30.1 Å². The molecule has 1 saturated heterocycles. The van der Waals surface area contributed by atoms with Gasteiger partial charge in [0.1, 0.15) is 5.75 Å². The summed E-state index contributed by atoms with van der Waals surface area (Å²) in [5, 5.41) is 3.40. The molecule has 1 amide bonds. The Morgan fingerprint density at radius 3 is 2.68 bits per heavy atom. The number of ether oxygens (including phenoxy) is 1. The molecule has 4 nitrogen and oxygen atoms in total. The van der Waals surface area contributed by atoms with E-state index < -0.39 is 0 Å². The Kier molecular flexibility index (Phi) is 8.07. The fraction of sp³-hybridized carbons (Fsp3) is 0.562. The van der Waals surface area contributed by atoms with Crippen molar-refractivity contribution < 1.29 is 9.53 Å². The smallest absolute Gasteiger partial charge is 0.223 e. The second-order valence-electron chi connectivity index (χ2n) is 5.34. The van der Waals surface area contributed by atoms with E-state index in [1.54, 1.807) is 18.9 Å². The van der Waals surface area contributed by atoms with Crippen molar-refractivity contribution in [3.63, 3.8) is 0 Å². The fourth-order valence-corrected chi connectivity index (χ4v) is 3.32. The lowest BCUT2D eigenvalue weighted by atomic mass is 10.1. The molecule has 1 aromatic carbocycles. The van der Waals surface area contributed by atoms with E-state index in [0.29, 0.717) is 12.5 Å². The molecule has 0 aromatic heterocycles. The number of halogens is 1. The van der Waals surface area contributed by atoms with Crippen molar-refractivity contribution in [1.82, 2.24) is 10.2 Å². The second-order valence-corrected chi connectivity index (χ2v) is 6.51. The molecule has 22 heavy (non-hydrogen) atoms. The molecule has 2 atom stereocenters. The van der Waals surface area contributed by atoms with Gasteiger partial charge in [0, 0.05) is 42.2 Å². The fourth-order valence-electron chi connectivity index (χ4n) is 2.48. The normalized spacial score (nSPS) is 21.1. The van der Waals surface area contributed by atoms with E-state index >= 15 is 0 Å². The topological polar surface area (TPSA) is 41.6 Å². The number of rotatable bonds is 5. The molecule has 1 heterocycles. The first kappa shape index (κ1) is 19.1. The van der Waals surface area contributed by atoms with Gasteiger partial charge in [0.15, 0.2) is 0 Å². The first-order valence-electron chi connectivity index (χ1n) is 7.41. The summed E-state index contributed by atoms with van der Waals surface area (Å²) in [7, 11) is 1.66. The standard InChI is InChI=1S/C16H24N2O2S.ClH/c1-12-13(2)18(10-9-17-12)16(19)8-11-21-15-6-4-14(20-3)5-7-15;/h4-7,12-13,17H,8-11H2,1-3H3;1H. The van der Waals surface area contributed by atoms with Crippen LogP contribution in [0.5, 0.6) is 5.75 Å². The maximum absolute atomic E-state index is 12.3. The maximum atomic E-state index is 12.3. The predicted molar refractivity (Wildman–Crippen MR) is 94.2 cm³/mol. The first-order valence-corrected chi connectivity index (χ1v) is 8.40. The van der Waals surface area contributed by atoms with E-state index in [9.17, 15) is 4.79 Å². The maximum Gasteiger partial charge on any atom is 0.223 e. The van der Waals surface area contributed by atoms with Crippen molar-refractivity contribution in [3.8, 4) is 5.75 Å². The van der Waals surface area contributed by atoms with Gasteiger partial charge in [-0.1, -0.05) is 0 Å². The molecule has 0 bridgehead atoms. The van der Waals surface area contributed by atoms with Gasteiger partial charge in [-0.3, -0.25) is 4.79 Å². The summed E-state index contributed by atoms with van der Waals surface area (Å²) in [6, 6.07) is 8.61. The molecular weight excluding hydrogens is 320 g/mol. The lowest BCUT2D eigenvalue weighted by molar-refractivity contribution is -0.134. The number of piperazine rings is 1. The molecule has 1 aliphatic heterocycles. The summed E-state index contributed by atoms with van der Waals surface area (Å²) in [5.74, 6) is 1.94. The van der Waals surface area contributed by atoms with Gasteiger partial charge in [-0.05, 0) is 38.1 Å². The molecule has 1 fully saturated rings. The number of amides is 1. The Balaban J connectivity index is 0.00000242. The van der Waals surface area contributed by atoms with Crippen LogP contribution in [0.2, 0.25) is 0 Å². The highest BCUT2D eigenvalue weighted by molar-refractivity contribution is 7.99. The molecule has 0 spiro atoms. The summed E-state index contributed by atoms with van der Waals surface area (Å²) < 4.78 is 5.14. The average Bonchev–Trinajstić information content (AvgIpc) is 2.50. The van der Waals surface area contributed by atoms with Gasteiger partial charge in [0.2, 0.25) is 5.91 Å². The number of carbonyl (C=O) groups is 1. The van der Waals surface area contributed by atoms with Gasteiger partial charge >= 0.3 is 0 Å². The SMILES string of the molecule is COc1ccc(SCCC(=O)N2CCNC(C)C2C)cc1.Cl. The highest BCUT2D eigenvalue weighted by Gasteiger charge is 2.27. The Hall–Kier alpha value is -0.910. The third-order valence-electron chi connectivity index (χ3n) is 4.00. The van der Waals surface area contributed by atoms with E-state index in [4.69, 9.17) is 4.74 Å². The van der Waals surface area contributed by atoms with E-state index in [1.807, 2.05) is 29.2 Å². The molecule has 1 aromatic rings. The van der Waals surface area contributed by atoms with Crippen LogP contribution < -0.4 is 10.1 Å². The number of hydrogen-bond donors (Lipinski definition) is 1. The number of benzene rings is 1. The Labute approximate surface area is 143 Å². The van der Waals surface area contributed by atoms with Crippen molar-refractivity contribution in [2.75, 3.05) is 26.0 Å². The molecule has 0 radical (unpaired) electrons. The zero-order valence-corrected chi connectivity index (χ0v) is 15.0. The van der Waals surface area contributed by atoms with E-state index in [-0.39, 0.29) is 24.4 Å². The molecule has 1 N–H and O–H groups in total. The summed E-state index contributed by atoms with van der Waals surface area (Å²) in [4.78, 5) is 15.5. The van der Waals surface area contributed by atoms with Crippen LogP contribution in [0.3, 0.4) is 0 Å². The molecule has 1 aliphatic rings. The van der Waals surface area contributed by atoms with Crippen molar-refractivity contribution in [3.05, 3.63) is 24.3 Å². The summed E-state index contributed by atoms with van der Waals surface area (Å²) in [5.41, 5.74) is 0. The third-order valence-corrected chi connectivity index (χ3v) is 5.01. The largest absolute Gasteiger partial charge is 0.497 e. The minimum Gasteiger partial charge on any atom is -0.497 e. The molecule has 6 heteroatoms. The lowest BCUT2D eigenvalue weighted by Gasteiger charge is -2.38. The van der Waals surface area contributed by atoms with E-state index in [0.717, 1.165) is 24.6 Å². The number of nitrogens with one attached hydrogen (secondary N) is 1. The lowest BCUT2D eigenvalue weighted by Crippen LogP contribution is -2.57. The van der Waals surface area contributed by atoms with Crippen LogP contribution in [-0.2, 0) is 4.79 Å². The number of nitrogens with zero attached hydrogens (tertiary/aromatic N) is 1. The van der Waals surface area contributed by atoms with Crippen LogP contribution in [0.1, 0.15) is 20.3 Å². The summed E-state index contributed by atoms with van der Waals surface area (Å²) in [6.45, 7) is 5.96. The third kappa shape index (κ3) is 5.07. The Morgan fingerprint density at radius 1 is 1.36 bits per heavy atom. The number of methoxy groups -OCH3 is 1. The molecule has 2 rings (SSSR count). The van der Waals surface area contributed by atoms with Gasteiger partial charge in [0.05, 0.1) is 7.11 Å². The minimum atomic E-state index is 0. The van der Waals surface area contributed by atoms with Crippen LogP contribution >= 0.6 is 24.2 Å². The van der Waals surface area contributed by atoms with Gasteiger partial charge in [-0.15, -0.1) is 24.2 Å². The van der Waals surface area contributed by atoms with Crippen LogP contribution in [0.4, 0.5) is 0 Å². The van der Waals surface area contributed by atoms with Gasteiger partial charge in [0.25, 0.3) is 0 Å². The molecular formula is C16H25ClN2O2S. The molecule has 2 unspecified atom stereocenters. The van der Waals surface area contributed by atoms with Gasteiger partial charge in [-0.2, -0.15) is 0 Å². The molecule has 0 saturated carbocycles. The van der Waals surface area contributed by atoms with E-state index in [2.05, 4.69) is 19.2 Å². The summed E-state index contributed by atoms with van der Waals surface area (Å²) >= 11 is 1.72. The molecule has 0 aliphatic carbocycles. The highest BCUT2D eigenvalue weighted by atomic mass is 35.5. The zero-order chi connectivity index (χ0) is 15.2. The van der Waals surface area contributed by atoms with Gasteiger partial charge in [-0.25, -0.2) is 0 Å². The second kappa shape index (κ2) is 9.28. The van der Waals surface area contributed by atoms with E-state index in [1.165, 1.54) is 4.90 Å². The Bertz CT molecular complexity index is 470. The highest BCUT2D eigenvalue weighted by Crippen LogP contribution is 2.22. The van der Waals surface area contributed by atoms with Crippen LogP contribution in [0.15, 0.2) is 29.2 Å². The van der Waals surface area contributed by atoms with Crippen LogP contribution in [0, 0.1) is 0 Å². The van der Waals surface area contributed by atoms with Crippen LogP contribution in [-0.4, -0.2) is 48.8 Å². The van der Waals surface area contributed by atoms with Gasteiger partial charge < -0.3 is 15.0 Å². The predicted octanol–water partition coefficient (Wildman–Crippen LogP) is 2.81. The van der Waals surface area contributed by atoms with Crippen molar-refractivity contribution in [2.45, 2.75) is 37.2 Å². The minimum absolute atomic E-state index is 0. The number of carbonyl (C=O) groups excluding carboxylic acids is 1. The Morgan fingerprint density at radius 2 is 2.05 bits per heavy atom. The zero-order valence-electron chi connectivity index (χ0n) is 13.4. The van der Waals surface area contributed by atoms with Crippen molar-refractivity contribution in [1.29, 1.82) is 0 Å². The molecule has 124 valence electrons. The monoisotopic (exact) mass is 344 g/mol.